The molecule has 0 saturated carbocycles. The van der Waals surface area contributed by atoms with Gasteiger partial charge in [-0.1, -0.05) is 0 Å². The zero-order valence-corrected chi connectivity index (χ0v) is 11.2. The molecule has 0 aromatic heterocycles. The van der Waals surface area contributed by atoms with Gasteiger partial charge in [0.05, 0.1) is 12.8 Å². The lowest BCUT2D eigenvalue weighted by molar-refractivity contribution is 0.0430. The van der Waals surface area contributed by atoms with Gasteiger partial charge in [0.15, 0.2) is 0 Å². The van der Waals surface area contributed by atoms with Crippen molar-refractivity contribution >= 4 is 6.09 Å². The van der Waals surface area contributed by atoms with E-state index in [1.54, 1.807) is 7.11 Å². The topological polar surface area (TPSA) is 50.8 Å². The lowest BCUT2D eigenvalue weighted by Gasteiger charge is -2.27. The summed E-state index contributed by atoms with van der Waals surface area (Å²) in [6.45, 7) is 8.81. The molecule has 0 aromatic carbocycles. The Bertz CT molecular complexity index is 214. The zero-order valence-electron chi connectivity index (χ0n) is 11.2. The SMILES string of the molecule is COCCN(C)C(C)NC(=O)OC(C)(C)C. The lowest BCUT2D eigenvalue weighted by Crippen LogP contribution is -2.47. The average Bonchev–Trinajstić information content (AvgIpc) is 2.10. The third-order valence-corrected chi connectivity index (χ3v) is 2.03. The Kier molecular flexibility index (Phi) is 6.36. The summed E-state index contributed by atoms with van der Waals surface area (Å²) >= 11 is 0. The first kappa shape index (κ1) is 15.2. The fourth-order valence-corrected chi connectivity index (χ4v) is 1.02. The van der Waals surface area contributed by atoms with Crippen molar-refractivity contribution in [3.05, 3.63) is 0 Å². The van der Waals surface area contributed by atoms with Crippen LogP contribution in [0.25, 0.3) is 0 Å². The average molecular weight is 232 g/mol. The Morgan fingerprint density at radius 2 is 2.00 bits per heavy atom. The summed E-state index contributed by atoms with van der Waals surface area (Å²) in [7, 11) is 3.57. The van der Waals surface area contributed by atoms with Crippen LogP contribution in [0.1, 0.15) is 27.7 Å². The van der Waals surface area contributed by atoms with Gasteiger partial charge < -0.3 is 14.8 Å². The number of amides is 1. The summed E-state index contributed by atoms with van der Waals surface area (Å²) < 4.78 is 10.1. The Labute approximate surface area is 98.1 Å². The first-order valence-electron chi connectivity index (χ1n) is 5.45. The Hall–Kier alpha value is -0.810. The highest BCUT2D eigenvalue weighted by atomic mass is 16.6. The van der Waals surface area contributed by atoms with Gasteiger partial charge >= 0.3 is 6.09 Å². The third kappa shape index (κ3) is 7.48. The standard InChI is InChI=1S/C11H24N2O3/c1-9(13(5)7-8-15-6)12-10(14)16-11(2,3)4/h9H,7-8H2,1-6H3,(H,12,14). The van der Waals surface area contributed by atoms with E-state index in [4.69, 9.17) is 9.47 Å². The molecular weight excluding hydrogens is 208 g/mol. The Morgan fingerprint density at radius 1 is 1.44 bits per heavy atom. The van der Waals surface area contributed by atoms with E-state index in [0.717, 1.165) is 6.54 Å². The molecule has 0 aliphatic rings. The van der Waals surface area contributed by atoms with E-state index in [1.165, 1.54) is 0 Å². The number of carbonyl (C=O) groups excluding carboxylic acids is 1. The molecule has 0 saturated heterocycles. The first-order valence-corrected chi connectivity index (χ1v) is 5.45. The predicted octanol–water partition coefficient (Wildman–Crippen LogP) is 1.44. The number of hydrogen-bond donors (Lipinski definition) is 1. The molecular formula is C11H24N2O3. The van der Waals surface area contributed by atoms with Gasteiger partial charge in [0.1, 0.15) is 5.60 Å². The molecule has 1 N–H and O–H groups in total. The van der Waals surface area contributed by atoms with Gasteiger partial charge in [-0.2, -0.15) is 0 Å². The summed E-state index contributed by atoms with van der Waals surface area (Å²) in [5.41, 5.74) is -0.463. The largest absolute Gasteiger partial charge is 0.444 e. The molecule has 0 bridgehead atoms. The minimum absolute atomic E-state index is 0.0787. The monoisotopic (exact) mass is 232 g/mol. The number of nitrogens with one attached hydrogen (secondary N) is 1. The van der Waals surface area contributed by atoms with E-state index in [0.29, 0.717) is 6.61 Å². The van der Waals surface area contributed by atoms with Gasteiger partial charge in [-0.25, -0.2) is 4.79 Å². The van der Waals surface area contributed by atoms with Gasteiger partial charge in [-0.05, 0) is 34.7 Å². The van der Waals surface area contributed by atoms with Crippen molar-refractivity contribution in [2.45, 2.75) is 39.5 Å². The molecule has 0 fully saturated rings. The Balaban J connectivity index is 3.94. The number of carbonyl (C=O) groups is 1. The van der Waals surface area contributed by atoms with E-state index in [2.05, 4.69) is 5.32 Å². The fourth-order valence-electron chi connectivity index (χ4n) is 1.02. The van der Waals surface area contributed by atoms with Gasteiger partial charge in [0.2, 0.25) is 0 Å². The molecule has 0 aliphatic carbocycles. The number of methoxy groups -OCH3 is 1. The van der Waals surface area contributed by atoms with Crippen LogP contribution in [-0.4, -0.2) is 50.1 Å². The van der Waals surface area contributed by atoms with E-state index < -0.39 is 11.7 Å². The second kappa shape index (κ2) is 6.70. The lowest BCUT2D eigenvalue weighted by atomic mass is 10.2. The van der Waals surface area contributed by atoms with Crippen LogP contribution in [0.15, 0.2) is 0 Å². The van der Waals surface area contributed by atoms with Crippen molar-refractivity contribution in [3.8, 4) is 0 Å². The minimum atomic E-state index is -0.463. The number of nitrogens with zero attached hydrogens (tertiary/aromatic N) is 1. The highest BCUT2D eigenvalue weighted by Crippen LogP contribution is 2.06. The van der Waals surface area contributed by atoms with Crippen LogP contribution < -0.4 is 5.32 Å². The van der Waals surface area contributed by atoms with Crippen LogP contribution in [-0.2, 0) is 9.47 Å². The molecule has 0 rings (SSSR count). The molecule has 0 aliphatic heterocycles. The number of alkyl carbamates (subject to hydrolysis) is 1. The van der Waals surface area contributed by atoms with Crippen LogP contribution in [0.4, 0.5) is 4.79 Å². The number of rotatable bonds is 5. The van der Waals surface area contributed by atoms with Crippen molar-refractivity contribution in [2.75, 3.05) is 27.3 Å². The van der Waals surface area contributed by atoms with E-state index in [9.17, 15) is 4.79 Å². The maximum Gasteiger partial charge on any atom is 0.408 e. The van der Waals surface area contributed by atoms with Crippen molar-refractivity contribution in [1.29, 1.82) is 0 Å². The van der Waals surface area contributed by atoms with Crippen molar-refractivity contribution < 1.29 is 14.3 Å². The highest BCUT2D eigenvalue weighted by Gasteiger charge is 2.18. The quantitative estimate of drug-likeness (QED) is 0.729. The molecule has 0 spiro atoms. The second-order valence-corrected chi connectivity index (χ2v) is 4.80. The van der Waals surface area contributed by atoms with E-state index in [-0.39, 0.29) is 6.17 Å². The second-order valence-electron chi connectivity index (χ2n) is 4.80. The molecule has 1 unspecified atom stereocenters. The van der Waals surface area contributed by atoms with Crippen LogP contribution >= 0.6 is 0 Å². The van der Waals surface area contributed by atoms with Crippen LogP contribution in [0, 0.1) is 0 Å². The molecule has 5 nitrogen and oxygen atoms in total. The number of ether oxygens (including phenoxy) is 2. The highest BCUT2D eigenvalue weighted by molar-refractivity contribution is 5.67. The molecule has 0 aromatic rings. The minimum Gasteiger partial charge on any atom is -0.444 e. The van der Waals surface area contributed by atoms with Crippen molar-refractivity contribution in [3.63, 3.8) is 0 Å². The summed E-state index contributed by atoms with van der Waals surface area (Å²) in [4.78, 5) is 13.4. The van der Waals surface area contributed by atoms with Gasteiger partial charge in [0.25, 0.3) is 0 Å². The molecule has 1 atom stereocenters. The first-order chi connectivity index (χ1) is 7.26. The smallest absolute Gasteiger partial charge is 0.408 e. The van der Waals surface area contributed by atoms with Crippen LogP contribution in [0.5, 0.6) is 0 Å². The van der Waals surface area contributed by atoms with Crippen molar-refractivity contribution in [1.82, 2.24) is 10.2 Å². The van der Waals surface area contributed by atoms with E-state index >= 15 is 0 Å². The van der Waals surface area contributed by atoms with Crippen molar-refractivity contribution in [2.24, 2.45) is 0 Å². The summed E-state index contributed by atoms with van der Waals surface area (Å²) in [5, 5.41) is 2.75. The zero-order chi connectivity index (χ0) is 12.8. The summed E-state index contributed by atoms with van der Waals surface area (Å²) in [5.74, 6) is 0. The number of hydrogen-bond acceptors (Lipinski definition) is 4. The van der Waals surface area contributed by atoms with Gasteiger partial charge in [-0.3, -0.25) is 4.90 Å². The summed E-state index contributed by atoms with van der Waals surface area (Å²) in [6, 6.07) is 0. The molecule has 1 amide bonds. The third-order valence-electron chi connectivity index (χ3n) is 2.03. The summed E-state index contributed by atoms with van der Waals surface area (Å²) in [6.07, 6.45) is -0.478. The van der Waals surface area contributed by atoms with Gasteiger partial charge in [-0.15, -0.1) is 0 Å². The van der Waals surface area contributed by atoms with Gasteiger partial charge in [0, 0.05) is 13.7 Å². The molecule has 0 heterocycles. The number of likely N-dealkylation sites (N-methyl/N-ethyl adjacent to an activating group) is 1. The predicted molar refractivity (Wildman–Crippen MR) is 63.3 cm³/mol. The maximum absolute atomic E-state index is 11.5. The van der Waals surface area contributed by atoms with Crippen LogP contribution in [0.2, 0.25) is 0 Å². The van der Waals surface area contributed by atoms with E-state index in [1.807, 2.05) is 39.6 Å². The maximum atomic E-state index is 11.5. The Morgan fingerprint density at radius 3 is 2.44 bits per heavy atom. The fraction of sp³-hybridized carbons (Fsp3) is 0.909. The molecule has 5 heteroatoms. The molecule has 0 radical (unpaired) electrons. The van der Waals surface area contributed by atoms with Crippen LogP contribution in [0.3, 0.4) is 0 Å². The molecule has 96 valence electrons. The normalized spacial score (nSPS) is 13.7. The molecule has 16 heavy (non-hydrogen) atoms.